The van der Waals surface area contributed by atoms with Gasteiger partial charge in [-0.1, -0.05) is 6.92 Å². The monoisotopic (exact) mass is 425 g/mol. The number of fused-ring (bicyclic) bond motifs is 1. The molecule has 160 valence electrons. The van der Waals surface area contributed by atoms with Gasteiger partial charge >= 0.3 is 0 Å². The van der Waals surface area contributed by atoms with Crippen molar-refractivity contribution >= 4 is 17.1 Å². The number of rotatable bonds is 5. The van der Waals surface area contributed by atoms with Crippen molar-refractivity contribution < 1.29 is 4.79 Å². The highest BCUT2D eigenvalue weighted by molar-refractivity contribution is 6.05. The van der Waals surface area contributed by atoms with Crippen LogP contribution in [0.2, 0.25) is 0 Å². The number of hydrogen-bond acceptors (Lipinski definition) is 5. The molecule has 0 bridgehead atoms. The molecule has 0 aromatic carbocycles. The molecule has 1 amide bonds. The Morgan fingerprint density at radius 1 is 1.19 bits per heavy atom. The molecular weight excluding hydrogens is 402 g/mol. The SMILES string of the molecule is C[C@@H]1CN(c2ccnn3cc(-c4cnn(C5(CC#N)CC5)c4)cc23)C(=O)[C@]1(C#N)C1CC1. The molecule has 0 radical (unpaired) electrons. The van der Waals surface area contributed by atoms with Gasteiger partial charge in [0.1, 0.15) is 5.41 Å². The van der Waals surface area contributed by atoms with Gasteiger partial charge in [-0.2, -0.15) is 20.7 Å². The van der Waals surface area contributed by atoms with Gasteiger partial charge in [0, 0.05) is 42.2 Å². The van der Waals surface area contributed by atoms with Crippen molar-refractivity contribution in [1.82, 2.24) is 19.4 Å². The number of carbonyl (C=O) groups is 1. The molecule has 2 aliphatic carbocycles. The molecule has 6 rings (SSSR count). The number of anilines is 1. The molecular formula is C24H23N7O. The van der Waals surface area contributed by atoms with E-state index in [-0.39, 0.29) is 23.3 Å². The fourth-order valence-electron chi connectivity index (χ4n) is 5.40. The summed E-state index contributed by atoms with van der Waals surface area (Å²) < 4.78 is 3.70. The van der Waals surface area contributed by atoms with Crippen LogP contribution in [-0.2, 0) is 10.3 Å². The minimum atomic E-state index is -0.907. The van der Waals surface area contributed by atoms with E-state index in [4.69, 9.17) is 5.26 Å². The number of amides is 1. The summed E-state index contributed by atoms with van der Waals surface area (Å²) in [5, 5.41) is 28.1. The van der Waals surface area contributed by atoms with Crippen molar-refractivity contribution in [3.05, 3.63) is 36.9 Å². The molecule has 3 aliphatic rings. The number of nitriles is 2. The topological polar surface area (TPSA) is 103 Å². The Morgan fingerprint density at radius 2 is 2.00 bits per heavy atom. The molecule has 3 fully saturated rings. The average molecular weight is 425 g/mol. The maximum Gasteiger partial charge on any atom is 0.248 e. The van der Waals surface area contributed by atoms with Crippen LogP contribution in [-0.4, -0.2) is 31.8 Å². The lowest BCUT2D eigenvalue weighted by Gasteiger charge is -2.23. The standard InChI is InChI=1S/C24H23N7O/c1-16-12-29(22(32)24(16,15-26)19-2-3-19)20-4-9-27-30-13-17(10-21(20)30)18-11-28-31(14-18)23(5-6-23)7-8-25/h4,9-11,13-14,16,19H,2-3,5-7,12H2,1H3/t16-,24+/m1/s1. The summed E-state index contributed by atoms with van der Waals surface area (Å²) in [6.07, 6.45) is 11.8. The van der Waals surface area contributed by atoms with Crippen LogP contribution in [0.1, 0.15) is 39.0 Å². The van der Waals surface area contributed by atoms with E-state index in [9.17, 15) is 10.1 Å². The van der Waals surface area contributed by atoms with E-state index < -0.39 is 5.41 Å². The van der Waals surface area contributed by atoms with E-state index >= 15 is 0 Å². The first-order valence-corrected chi connectivity index (χ1v) is 11.2. The highest BCUT2D eigenvalue weighted by Crippen LogP contribution is 2.54. The van der Waals surface area contributed by atoms with Gasteiger partial charge in [-0.25, -0.2) is 4.52 Å². The van der Waals surface area contributed by atoms with Crippen LogP contribution in [0.25, 0.3) is 16.6 Å². The molecule has 8 nitrogen and oxygen atoms in total. The molecule has 32 heavy (non-hydrogen) atoms. The zero-order chi connectivity index (χ0) is 22.1. The first-order chi connectivity index (χ1) is 15.5. The summed E-state index contributed by atoms with van der Waals surface area (Å²) in [5.41, 5.74) is 2.47. The molecule has 1 saturated heterocycles. The maximum absolute atomic E-state index is 13.5. The molecule has 0 unspecified atom stereocenters. The van der Waals surface area contributed by atoms with E-state index in [2.05, 4.69) is 22.3 Å². The summed E-state index contributed by atoms with van der Waals surface area (Å²) in [6.45, 7) is 2.56. The second-order valence-electron chi connectivity index (χ2n) is 9.58. The predicted octanol–water partition coefficient (Wildman–Crippen LogP) is 3.50. The number of carbonyl (C=O) groups excluding carboxylic acids is 1. The van der Waals surface area contributed by atoms with Gasteiger partial charge in [0.15, 0.2) is 0 Å². The summed E-state index contributed by atoms with van der Waals surface area (Å²) in [4.78, 5) is 15.3. The quantitative estimate of drug-likeness (QED) is 0.622. The lowest BCUT2D eigenvalue weighted by molar-refractivity contribution is -0.124. The Morgan fingerprint density at radius 3 is 2.69 bits per heavy atom. The lowest BCUT2D eigenvalue weighted by atomic mass is 9.75. The van der Waals surface area contributed by atoms with Crippen LogP contribution in [0.4, 0.5) is 5.69 Å². The van der Waals surface area contributed by atoms with E-state index in [1.165, 1.54) is 0 Å². The summed E-state index contributed by atoms with van der Waals surface area (Å²) in [6, 6.07) is 8.56. The lowest BCUT2D eigenvalue weighted by Crippen LogP contribution is -2.37. The van der Waals surface area contributed by atoms with Crippen molar-refractivity contribution in [3.63, 3.8) is 0 Å². The van der Waals surface area contributed by atoms with Crippen molar-refractivity contribution in [2.24, 2.45) is 17.3 Å². The summed E-state index contributed by atoms with van der Waals surface area (Å²) in [5.74, 6) is 0.0864. The second-order valence-corrected chi connectivity index (χ2v) is 9.58. The highest BCUT2D eigenvalue weighted by Gasteiger charge is 2.61. The van der Waals surface area contributed by atoms with Crippen LogP contribution in [0.3, 0.4) is 0 Å². The maximum atomic E-state index is 13.5. The molecule has 1 aliphatic heterocycles. The van der Waals surface area contributed by atoms with E-state index in [0.717, 1.165) is 48.0 Å². The second kappa shape index (κ2) is 6.43. The molecule has 3 aromatic rings. The molecule has 8 heteroatoms. The minimum absolute atomic E-state index is 0.0109. The molecule has 0 spiro atoms. The van der Waals surface area contributed by atoms with Gasteiger partial charge in [0.2, 0.25) is 5.91 Å². The van der Waals surface area contributed by atoms with Crippen LogP contribution in [0.5, 0.6) is 0 Å². The summed E-state index contributed by atoms with van der Waals surface area (Å²) >= 11 is 0. The van der Waals surface area contributed by atoms with Gasteiger partial charge < -0.3 is 4.90 Å². The van der Waals surface area contributed by atoms with Gasteiger partial charge in [-0.15, -0.1) is 0 Å². The van der Waals surface area contributed by atoms with Crippen molar-refractivity contribution in [3.8, 4) is 23.3 Å². The smallest absolute Gasteiger partial charge is 0.248 e. The largest absolute Gasteiger partial charge is 0.309 e. The minimum Gasteiger partial charge on any atom is -0.309 e. The predicted molar refractivity (Wildman–Crippen MR) is 116 cm³/mol. The van der Waals surface area contributed by atoms with Crippen molar-refractivity contribution in [1.29, 1.82) is 10.5 Å². The zero-order valence-electron chi connectivity index (χ0n) is 17.9. The third-order valence-electron chi connectivity index (χ3n) is 7.65. The van der Waals surface area contributed by atoms with Crippen LogP contribution in [0, 0.1) is 39.9 Å². The van der Waals surface area contributed by atoms with Crippen LogP contribution < -0.4 is 4.90 Å². The third-order valence-corrected chi connectivity index (χ3v) is 7.65. The third kappa shape index (κ3) is 2.50. The van der Waals surface area contributed by atoms with E-state index in [1.807, 2.05) is 42.3 Å². The molecule has 4 heterocycles. The van der Waals surface area contributed by atoms with E-state index in [1.54, 1.807) is 15.6 Å². The Kier molecular flexibility index (Phi) is 3.83. The summed E-state index contributed by atoms with van der Waals surface area (Å²) in [7, 11) is 0. The van der Waals surface area contributed by atoms with Gasteiger partial charge in [-0.05, 0) is 43.7 Å². The number of nitrogens with zero attached hydrogens (tertiary/aromatic N) is 7. The molecule has 2 saturated carbocycles. The van der Waals surface area contributed by atoms with Crippen LogP contribution >= 0.6 is 0 Å². The fourth-order valence-corrected chi connectivity index (χ4v) is 5.40. The molecule has 0 N–H and O–H groups in total. The Labute approximate surface area is 185 Å². The molecule has 3 aromatic heterocycles. The Bertz CT molecular complexity index is 1330. The Balaban J connectivity index is 1.38. The van der Waals surface area contributed by atoms with Gasteiger partial charge in [0.25, 0.3) is 0 Å². The van der Waals surface area contributed by atoms with Gasteiger partial charge in [-0.3, -0.25) is 9.48 Å². The van der Waals surface area contributed by atoms with E-state index in [0.29, 0.717) is 13.0 Å². The molecule has 2 atom stereocenters. The Hall–Kier alpha value is -3.65. The zero-order valence-corrected chi connectivity index (χ0v) is 17.9. The fraction of sp³-hybridized carbons (Fsp3) is 0.458. The average Bonchev–Trinajstić information content (AvgIpc) is 3.66. The first kappa shape index (κ1) is 19.1. The van der Waals surface area contributed by atoms with Crippen molar-refractivity contribution in [2.45, 2.75) is 44.6 Å². The van der Waals surface area contributed by atoms with Gasteiger partial charge in [0.05, 0.1) is 41.5 Å². The normalized spacial score (nSPS) is 26.3. The number of aromatic nitrogens is 4. The first-order valence-electron chi connectivity index (χ1n) is 11.2. The highest BCUT2D eigenvalue weighted by atomic mass is 16.2. The van der Waals surface area contributed by atoms with Crippen LogP contribution in [0.15, 0.2) is 36.9 Å². The number of hydrogen-bond donors (Lipinski definition) is 0. The van der Waals surface area contributed by atoms with Crippen molar-refractivity contribution in [2.75, 3.05) is 11.4 Å².